The number of oxazole rings is 1. The predicted octanol–water partition coefficient (Wildman–Crippen LogP) is 2.81. The molecule has 1 aromatic carbocycles. The Hall–Kier alpha value is -2.37. The minimum atomic E-state index is -0.515. The van der Waals surface area contributed by atoms with Crippen LogP contribution in [0.3, 0.4) is 0 Å². The molecule has 6 heteroatoms. The van der Waals surface area contributed by atoms with Crippen LogP contribution in [0.4, 0.5) is 5.69 Å². The van der Waals surface area contributed by atoms with E-state index in [-0.39, 0.29) is 18.4 Å². The van der Waals surface area contributed by atoms with E-state index in [1.807, 2.05) is 0 Å². The number of nitrogens with zero attached hydrogens (tertiary/aromatic N) is 1. The largest absolute Gasteiger partial charge is 0.440 e. The van der Waals surface area contributed by atoms with Gasteiger partial charge in [-0.2, -0.15) is 0 Å². The predicted molar refractivity (Wildman–Crippen MR) is 87.1 cm³/mol. The molecule has 1 aliphatic rings. The molecule has 3 rings (SSSR count). The zero-order chi connectivity index (χ0) is 16.6. The number of amides is 2. The third-order valence-corrected chi connectivity index (χ3v) is 3.71. The zero-order valence-corrected chi connectivity index (χ0v) is 13.6. The van der Waals surface area contributed by atoms with Crippen molar-refractivity contribution in [3.8, 4) is 0 Å². The molecule has 1 heterocycles. The summed E-state index contributed by atoms with van der Waals surface area (Å²) in [7, 11) is 0. The number of nitrogens with one attached hydrogen (secondary N) is 2. The fourth-order valence-corrected chi connectivity index (χ4v) is 2.16. The van der Waals surface area contributed by atoms with E-state index in [2.05, 4.69) is 15.6 Å². The molecule has 0 aliphatic heterocycles. The highest BCUT2D eigenvalue weighted by molar-refractivity contribution is 5.96. The average Bonchev–Trinajstić information content (AvgIpc) is 3.23. The Labute approximate surface area is 134 Å². The van der Waals surface area contributed by atoms with Crippen molar-refractivity contribution in [2.24, 2.45) is 5.41 Å². The van der Waals surface area contributed by atoms with E-state index in [4.69, 9.17) is 4.42 Å². The average molecular weight is 315 g/mol. The summed E-state index contributed by atoms with van der Waals surface area (Å²) in [6, 6.07) is 5.36. The summed E-state index contributed by atoms with van der Waals surface area (Å²) in [5.41, 5.74) is 1.59. The van der Waals surface area contributed by atoms with Crippen LogP contribution in [0, 0.1) is 5.41 Å². The van der Waals surface area contributed by atoms with Gasteiger partial charge in [0.25, 0.3) is 0 Å². The number of rotatable bonds is 4. The molecular weight excluding hydrogens is 294 g/mol. The SMILES string of the molecule is CC(C)(C)C(=O)NCC(=O)Nc1ccc2oc(C3CC3)nc2c1. The lowest BCUT2D eigenvalue weighted by Gasteiger charge is -2.17. The Bertz CT molecular complexity index is 754. The highest BCUT2D eigenvalue weighted by Gasteiger charge is 2.29. The Balaban J connectivity index is 1.62. The molecule has 0 atom stereocenters. The zero-order valence-electron chi connectivity index (χ0n) is 13.6. The first kappa shape index (κ1) is 15.5. The molecule has 2 N–H and O–H groups in total. The van der Waals surface area contributed by atoms with Crippen molar-refractivity contribution in [1.29, 1.82) is 0 Å². The van der Waals surface area contributed by atoms with Gasteiger partial charge in [0, 0.05) is 17.0 Å². The van der Waals surface area contributed by atoms with Crippen LogP contribution in [0.1, 0.15) is 45.4 Å². The van der Waals surface area contributed by atoms with E-state index in [0.29, 0.717) is 11.6 Å². The van der Waals surface area contributed by atoms with E-state index in [9.17, 15) is 9.59 Å². The van der Waals surface area contributed by atoms with Crippen molar-refractivity contribution < 1.29 is 14.0 Å². The van der Waals surface area contributed by atoms with Gasteiger partial charge in [-0.15, -0.1) is 0 Å². The maximum Gasteiger partial charge on any atom is 0.243 e. The van der Waals surface area contributed by atoms with Gasteiger partial charge in [0.15, 0.2) is 11.5 Å². The van der Waals surface area contributed by atoms with E-state index < -0.39 is 5.41 Å². The van der Waals surface area contributed by atoms with Gasteiger partial charge < -0.3 is 15.1 Å². The summed E-state index contributed by atoms with van der Waals surface area (Å²) < 4.78 is 5.69. The van der Waals surface area contributed by atoms with Gasteiger partial charge in [-0.25, -0.2) is 4.98 Å². The van der Waals surface area contributed by atoms with Gasteiger partial charge in [-0.3, -0.25) is 9.59 Å². The molecule has 0 radical (unpaired) electrons. The summed E-state index contributed by atoms with van der Waals surface area (Å²) in [4.78, 5) is 28.2. The molecule has 6 nitrogen and oxygen atoms in total. The smallest absolute Gasteiger partial charge is 0.243 e. The summed E-state index contributed by atoms with van der Waals surface area (Å²) in [6.45, 7) is 5.35. The summed E-state index contributed by atoms with van der Waals surface area (Å²) >= 11 is 0. The van der Waals surface area contributed by atoms with Crippen LogP contribution in [0.25, 0.3) is 11.1 Å². The van der Waals surface area contributed by atoms with Gasteiger partial charge >= 0.3 is 0 Å². The summed E-state index contributed by atoms with van der Waals surface area (Å²) in [6.07, 6.45) is 2.26. The molecule has 0 unspecified atom stereocenters. The number of hydrogen-bond donors (Lipinski definition) is 2. The quantitative estimate of drug-likeness (QED) is 0.908. The Morgan fingerprint density at radius 3 is 2.70 bits per heavy atom. The standard InChI is InChI=1S/C17H21N3O3/c1-17(2,3)16(22)18-9-14(21)19-11-6-7-13-12(8-11)20-15(23-13)10-4-5-10/h6-8,10H,4-5,9H2,1-3H3,(H,18,22)(H,19,21). The highest BCUT2D eigenvalue weighted by atomic mass is 16.3. The fourth-order valence-electron chi connectivity index (χ4n) is 2.16. The third kappa shape index (κ3) is 3.70. The Kier molecular flexibility index (Phi) is 3.83. The molecule has 2 amide bonds. The number of fused-ring (bicyclic) bond motifs is 1. The molecule has 0 bridgehead atoms. The highest BCUT2D eigenvalue weighted by Crippen LogP contribution is 2.40. The van der Waals surface area contributed by atoms with Crippen molar-refractivity contribution in [3.05, 3.63) is 24.1 Å². The number of hydrogen-bond acceptors (Lipinski definition) is 4. The van der Waals surface area contributed by atoms with Crippen molar-refractivity contribution in [1.82, 2.24) is 10.3 Å². The summed E-state index contributed by atoms with van der Waals surface area (Å²) in [5.74, 6) is 0.801. The minimum Gasteiger partial charge on any atom is -0.440 e. The molecule has 0 spiro atoms. The Morgan fingerprint density at radius 2 is 2.04 bits per heavy atom. The molecule has 1 aliphatic carbocycles. The van der Waals surface area contributed by atoms with Crippen molar-refractivity contribution in [3.63, 3.8) is 0 Å². The maximum absolute atomic E-state index is 11.9. The monoisotopic (exact) mass is 315 g/mol. The summed E-state index contributed by atoms with van der Waals surface area (Å²) in [5, 5.41) is 5.38. The normalized spacial score (nSPS) is 14.7. The number of carbonyl (C=O) groups is 2. The molecule has 1 fully saturated rings. The van der Waals surface area contributed by atoms with E-state index in [1.165, 1.54) is 0 Å². The lowest BCUT2D eigenvalue weighted by atomic mass is 9.96. The van der Waals surface area contributed by atoms with Gasteiger partial charge in [0.1, 0.15) is 5.52 Å². The molecule has 23 heavy (non-hydrogen) atoms. The van der Waals surface area contributed by atoms with Crippen molar-refractivity contribution in [2.75, 3.05) is 11.9 Å². The lowest BCUT2D eigenvalue weighted by molar-refractivity contribution is -0.130. The van der Waals surface area contributed by atoms with E-state index >= 15 is 0 Å². The topological polar surface area (TPSA) is 84.2 Å². The number of carbonyl (C=O) groups excluding carboxylic acids is 2. The Morgan fingerprint density at radius 1 is 1.30 bits per heavy atom. The van der Waals surface area contributed by atoms with Crippen LogP contribution in [0.5, 0.6) is 0 Å². The second-order valence-electron chi connectivity index (χ2n) is 6.99. The number of anilines is 1. The molecule has 2 aromatic rings. The first-order valence-corrected chi connectivity index (χ1v) is 7.81. The molecule has 1 aromatic heterocycles. The molecule has 1 saturated carbocycles. The van der Waals surface area contributed by atoms with Crippen molar-refractivity contribution >= 4 is 28.6 Å². The van der Waals surface area contributed by atoms with Crippen molar-refractivity contribution in [2.45, 2.75) is 39.5 Å². The number of aromatic nitrogens is 1. The van der Waals surface area contributed by atoms with Gasteiger partial charge in [-0.05, 0) is 31.0 Å². The van der Waals surface area contributed by atoms with Gasteiger partial charge in [0.2, 0.25) is 11.8 Å². The van der Waals surface area contributed by atoms with Crippen LogP contribution in [0.2, 0.25) is 0 Å². The van der Waals surface area contributed by atoms with Gasteiger partial charge in [-0.1, -0.05) is 20.8 Å². The maximum atomic E-state index is 11.9. The fraction of sp³-hybridized carbons (Fsp3) is 0.471. The second-order valence-corrected chi connectivity index (χ2v) is 6.99. The molecular formula is C17H21N3O3. The van der Waals surface area contributed by atoms with Crippen LogP contribution >= 0.6 is 0 Å². The lowest BCUT2D eigenvalue weighted by Crippen LogP contribution is -2.39. The van der Waals surface area contributed by atoms with Crippen LogP contribution in [-0.2, 0) is 9.59 Å². The van der Waals surface area contributed by atoms with Gasteiger partial charge in [0.05, 0.1) is 6.54 Å². The van der Waals surface area contributed by atoms with Crippen LogP contribution in [-0.4, -0.2) is 23.3 Å². The molecule has 122 valence electrons. The number of benzene rings is 1. The third-order valence-electron chi connectivity index (χ3n) is 3.71. The minimum absolute atomic E-state index is 0.0553. The van der Waals surface area contributed by atoms with Crippen LogP contribution in [0.15, 0.2) is 22.6 Å². The first-order valence-electron chi connectivity index (χ1n) is 7.81. The van der Waals surface area contributed by atoms with E-state index in [1.54, 1.807) is 39.0 Å². The van der Waals surface area contributed by atoms with Crippen LogP contribution < -0.4 is 10.6 Å². The van der Waals surface area contributed by atoms with E-state index in [0.717, 1.165) is 29.8 Å². The molecule has 0 saturated heterocycles. The second kappa shape index (κ2) is 5.68. The first-order chi connectivity index (χ1) is 10.8.